The second-order valence-electron chi connectivity index (χ2n) is 3.91. The van der Waals surface area contributed by atoms with Gasteiger partial charge in [-0.25, -0.2) is 0 Å². The van der Waals surface area contributed by atoms with Crippen LogP contribution >= 0.6 is 11.6 Å². The van der Waals surface area contributed by atoms with Crippen LogP contribution in [0.2, 0.25) is 5.02 Å². The average molecular weight is 257 g/mol. The van der Waals surface area contributed by atoms with Gasteiger partial charge in [0, 0.05) is 18.7 Å². The van der Waals surface area contributed by atoms with Crippen LogP contribution in [0, 0.1) is 0 Å². The van der Waals surface area contributed by atoms with Crippen LogP contribution < -0.4 is 10.1 Å². The third kappa shape index (κ3) is 4.24. The van der Waals surface area contributed by atoms with Crippen LogP contribution in [0.4, 0.5) is 0 Å². The molecule has 0 aliphatic rings. The summed E-state index contributed by atoms with van der Waals surface area (Å²) < 4.78 is 5.06. The molecule has 1 rings (SSSR count). The smallest absolute Gasteiger partial charge is 0.251 e. The maximum Gasteiger partial charge on any atom is 0.251 e. The molecule has 0 spiro atoms. The fourth-order valence-electron chi connectivity index (χ4n) is 1.30. The van der Waals surface area contributed by atoms with Crippen molar-refractivity contribution in [3.05, 3.63) is 28.8 Å². The van der Waals surface area contributed by atoms with E-state index in [1.807, 2.05) is 19.0 Å². The van der Waals surface area contributed by atoms with Crippen molar-refractivity contribution in [2.24, 2.45) is 0 Å². The molecule has 0 atom stereocenters. The largest absolute Gasteiger partial charge is 0.495 e. The van der Waals surface area contributed by atoms with E-state index in [0.717, 1.165) is 6.54 Å². The molecule has 0 radical (unpaired) electrons. The minimum atomic E-state index is -0.123. The molecule has 0 saturated heterocycles. The van der Waals surface area contributed by atoms with Gasteiger partial charge in [0.05, 0.1) is 12.1 Å². The number of nitrogens with zero attached hydrogens (tertiary/aromatic N) is 1. The molecule has 0 fully saturated rings. The summed E-state index contributed by atoms with van der Waals surface area (Å²) in [7, 11) is 5.43. The standard InChI is InChI=1S/C12H17ClN2O2/c1-15(2)7-6-14-12(16)9-4-5-10(13)11(8-9)17-3/h4-5,8H,6-7H2,1-3H3,(H,14,16). The molecule has 5 heteroatoms. The van der Waals surface area contributed by atoms with Crippen molar-refractivity contribution in [1.82, 2.24) is 10.2 Å². The first-order valence-electron chi connectivity index (χ1n) is 5.31. The lowest BCUT2D eigenvalue weighted by Gasteiger charge is -2.11. The van der Waals surface area contributed by atoms with E-state index in [1.165, 1.54) is 7.11 Å². The molecule has 0 aliphatic heterocycles. The number of rotatable bonds is 5. The Hall–Kier alpha value is -1.26. The van der Waals surface area contributed by atoms with Crippen LogP contribution in [0.3, 0.4) is 0 Å². The highest BCUT2D eigenvalue weighted by Crippen LogP contribution is 2.24. The molecule has 94 valence electrons. The first-order valence-corrected chi connectivity index (χ1v) is 5.69. The van der Waals surface area contributed by atoms with Gasteiger partial charge in [0.1, 0.15) is 5.75 Å². The zero-order valence-corrected chi connectivity index (χ0v) is 11.0. The van der Waals surface area contributed by atoms with Crippen LogP contribution in [0.15, 0.2) is 18.2 Å². The van der Waals surface area contributed by atoms with Crippen molar-refractivity contribution in [2.45, 2.75) is 0 Å². The molecule has 17 heavy (non-hydrogen) atoms. The van der Waals surface area contributed by atoms with Crippen molar-refractivity contribution in [1.29, 1.82) is 0 Å². The van der Waals surface area contributed by atoms with E-state index >= 15 is 0 Å². The van der Waals surface area contributed by atoms with Gasteiger partial charge < -0.3 is 15.0 Å². The second kappa shape index (κ2) is 6.47. The fourth-order valence-corrected chi connectivity index (χ4v) is 1.49. The Morgan fingerprint density at radius 1 is 1.47 bits per heavy atom. The molecule has 1 aromatic rings. The van der Waals surface area contributed by atoms with Gasteiger partial charge in [-0.05, 0) is 32.3 Å². The highest BCUT2D eigenvalue weighted by molar-refractivity contribution is 6.32. The zero-order valence-electron chi connectivity index (χ0n) is 10.3. The highest BCUT2D eigenvalue weighted by atomic mass is 35.5. The number of likely N-dealkylation sites (N-methyl/N-ethyl adjacent to an activating group) is 1. The van der Waals surface area contributed by atoms with Crippen molar-refractivity contribution in [3.63, 3.8) is 0 Å². The minimum absolute atomic E-state index is 0.123. The van der Waals surface area contributed by atoms with E-state index in [4.69, 9.17) is 16.3 Å². The predicted octanol–water partition coefficient (Wildman–Crippen LogP) is 1.64. The molecule has 0 heterocycles. The van der Waals surface area contributed by atoms with E-state index < -0.39 is 0 Å². The maximum atomic E-state index is 11.8. The predicted molar refractivity (Wildman–Crippen MR) is 68.9 cm³/mol. The number of amides is 1. The number of ether oxygens (including phenoxy) is 1. The summed E-state index contributed by atoms with van der Waals surface area (Å²) in [6.45, 7) is 1.41. The summed E-state index contributed by atoms with van der Waals surface area (Å²) in [6.07, 6.45) is 0. The summed E-state index contributed by atoms with van der Waals surface area (Å²) in [4.78, 5) is 13.8. The van der Waals surface area contributed by atoms with Gasteiger partial charge in [0.15, 0.2) is 0 Å². The molecule has 1 amide bonds. The van der Waals surface area contributed by atoms with E-state index in [1.54, 1.807) is 18.2 Å². The number of hydrogen-bond donors (Lipinski definition) is 1. The highest BCUT2D eigenvalue weighted by Gasteiger charge is 2.08. The van der Waals surface area contributed by atoms with Crippen LogP contribution in [0.5, 0.6) is 5.75 Å². The first-order chi connectivity index (χ1) is 8.04. The summed E-state index contributed by atoms with van der Waals surface area (Å²) in [5, 5.41) is 3.32. The van der Waals surface area contributed by atoms with Gasteiger partial charge in [-0.2, -0.15) is 0 Å². The van der Waals surface area contributed by atoms with E-state index in [9.17, 15) is 4.79 Å². The molecule has 0 aromatic heterocycles. The van der Waals surface area contributed by atoms with Gasteiger partial charge in [-0.15, -0.1) is 0 Å². The number of hydrogen-bond acceptors (Lipinski definition) is 3. The molecule has 0 aliphatic carbocycles. The molecule has 1 N–H and O–H groups in total. The topological polar surface area (TPSA) is 41.6 Å². The Morgan fingerprint density at radius 2 is 2.18 bits per heavy atom. The summed E-state index contributed by atoms with van der Waals surface area (Å²) in [5.74, 6) is 0.383. The lowest BCUT2D eigenvalue weighted by molar-refractivity contribution is 0.0950. The number of benzene rings is 1. The van der Waals surface area contributed by atoms with Gasteiger partial charge >= 0.3 is 0 Å². The lowest BCUT2D eigenvalue weighted by atomic mass is 10.2. The molecule has 0 unspecified atom stereocenters. The summed E-state index contributed by atoms with van der Waals surface area (Å²) >= 11 is 5.88. The van der Waals surface area contributed by atoms with Gasteiger partial charge in [0.2, 0.25) is 0 Å². The van der Waals surface area contributed by atoms with Gasteiger partial charge in [-0.1, -0.05) is 11.6 Å². The summed E-state index contributed by atoms with van der Waals surface area (Å²) in [5.41, 5.74) is 0.546. The van der Waals surface area contributed by atoms with Crippen LogP contribution in [0.25, 0.3) is 0 Å². The van der Waals surface area contributed by atoms with Crippen molar-refractivity contribution < 1.29 is 9.53 Å². The number of carbonyl (C=O) groups is 1. The molecule has 0 saturated carbocycles. The van der Waals surface area contributed by atoms with Gasteiger partial charge in [0.25, 0.3) is 5.91 Å². The van der Waals surface area contributed by atoms with Crippen LogP contribution in [-0.2, 0) is 0 Å². The average Bonchev–Trinajstić information content (AvgIpc) is 2.29. The third-order valence-electron chi connectivity index (χ3n) is 2.26. The van der Waals surface area contributed by atoms with E-state index in [0.29, 0.717) is 22.9 Å². The Labute approximate surface area is 107 Å². The Morgan fingerprint density at radius 3 is 2.76 bits per heavy atom. The second-order valence-corrected chi connectivity index (χ2v) is 4.32. The van der Waals surface area contributed by atoms with E-state index in [2.05, 4.69) is 5.32 Å². The molecule has 4 nitrogen and oxygen atoms in total. The minimum Gasteiger partial charge on any atom is -0.495 e. The third-order valence-corrected chi connectivity index (χ3v) is 2.57. The SMILES string of the molecule is COc1cc(C(=O)NCCN(C)C)ccc1Cl. The monoisotopic (exact) mass is 256 g/mol. The molecule has 0 bridgehead atoms. The zero-order chi connectivity index (χ0) is 12.8. The normalized spacial score (nSPS) is 10.4. The molecular formula is C12H17ClN2O2. The van der Waals surface area contributed by atoms with Gasteiger partial charge in [-0.3, -0.25) is 4.79 Å². The molecule has 1 aromatic carbocycles. The summed E-state index contributed by atoms with van der Waals surface area (Å²) in [6, 6.07) is 4.96. The molecular weight excluding hydrogens is 240 g/mol. The number of nitrogens with one attached hydrogen (secondary N) is 1. The van der Waals surface area contributed by atoms with Crippen LogP contribution in [0.1, 0.15) is 10.4 Å². The number of halogens is 1. The Kier molecular flexibility index (Phi) is 5.25. The van der Waals surface area contributed by atoms with E-state index in [-0.39, 0.29) is 5.91 Å². The Bertz CT molecular complexity index is 394. The Balaban J connectivity index is 2.63. The van der Waals surface area contributed by atoms with Crippen molar-refractivity contribution in [3.8, 4) is 5.75 Å². The lowest BCUT2D eigenvalue weighted by Crippen LogP contribution is -2.31. The number of methoxy groups -OCH3 is 1. The first kappa shape index (κ1) is 13.8. The quantitative estimate of drug-likeness (QED) is 0.871. The maximum absolute atomic E-state index is 11.8. The van der Waals surface area contributed by atoms with Crippen molar-refractivity contribution >= 4 is 17.5 Å². The van der Waals surface area contributed by atoms with Crippen LogP contribution in [-0.4, -0.2) is 45.1 Å². The number of carbonyl (C=O) groups excluding carboxylic acids is 1. The van der Waals surface area contributed by atoms with Crippen molar-refractivity contribution in [2.75, 3.05) is 34.3 Å². The fraction of sp³-hybridized carbons (Fsp3) is 0.417.